The minimum absolute atomic E-state index is 0.654. The van der Waals surface area contributed by atoms with Gasteiger partial charge in [-0.25, -0.2) is 0 Å². The maximum Gasteiger partial charge on any atom is 0.0621 e. The van der Waals surface area contributed by atoms with Crippen LogP contribution >= 0.6 is 0 Å². The molecule has 0 unspecified atom stereocenters. The summed E-state index contributed by atoms with van der Waals surface area (Å²) in [4.78, 5) is 0. The van der Waals surface area contributed by atoms with Gasteiger partial charge in [0.1, 0.15) is 0 Å². The molecule has 0 saturated heterocycles. The van der Waals surface area contributed by atoms with E-state index in [9.17, 15) is 0 Å². The topological polar surface area (TPSA) is 95.2 Å². The molecule has 0 aliphatic rings. The van der Waals surface area contributed by atoms with E-state index >= 15 is 0 Å². The third-order valence-electron chi connectivity index (χ3n) is 4.78. The van der Waals surface area contributed by atoms with Gasteiger partial charge >= 0.3 is 0 Å². The van der Waals surface area contributed by atoms with E-state index in [4.69, 9.17) is 21.0 Å². The van der Waals surface area contributed by atoms with E-state index in [2.05, 4.69) is 37.4 Å². The normalized spacial score (nSPS) is 9.20. The molecule has 0 aliphatic carbocycles. The highest BCUT2D eigenvalue weighted by atomic mass is 14.2. The lowest BCUT2D eigenvalue weighted by atomic mass is 10.0. The highest BCUT2D eigenvalue weighted by Crippen LogP contribution is 2.15. The summed E-state index contributed by atoms with van der Waals surface area (Å²) < 4.78 is 0. The van der Waals surface area contributed by atoms with Gasteiger partial charge in [-0.2, -0.15) is 21.0 Å². The Labute approximate surface area is 185 Å². The van der Waals surface area contributed by atoms with Crippen molar-refractivity contribution in [3.63, 3.8) is 0 Å². The maximum absolute atomic E-state index is 8.37. The van der Waals surface area contributed by atoms with Gasteiger partial charge in [0.05, 0.1) is 24.3 Å². The molecule has 0 spiro atoms. The monoisotopic (exact) mass is 408 g/mol. The van der Waals surface area contributed by atoms with Crippen LogP contribution < -0.4 is 0 Å². The lowest BCUT2D eigenvalue weighted by Crippen LogP contribution is -1.85. The van der Waals surface area contributed by atoms with Crippen molar-refractivity contribution in [1.82, 2.24) is 0 Å². The number of unbranched alkanes of at least 4 members (excludes halogenated alkanes) is 10. The van der Waals surface area contributed by atoms with Crippen LogP contribution in [0.4, 0.5) is 0 Å². The molecular weight excluding hydrogens is 368 g/mol. The van der Waals surface area contributed by atoms with Crippen molar-refractivity contribution in [1.29, 1.82) is 21.0 Å². The van der Waals surface area contributed by atoms with Crippen molar-refractivity contribution in [2.75, 3.05) is 0 Å². The zero-order valence-electron chi connectivity index (χ0n) is 18.9. The highest BCUT2D eigenvalue weighted by molar-refractivity contribution is 4.94. The fourth-order valence-corrected chi connectivity index (χ4v) is 2.92. The fraction of sp³-hybridized carbons (Fsp3) is 0.692. The van der Waals surface area contributed by atoms with Crippen LogP contribution in [0.3, 0.4) is 0 Å². The molecule has 4 heteroatoms. The fourth-order valence-electron chi connectivity index (χ4n) is 2.92. The van der Waals surface area contributed by atoms with E-state index in [0.717, 1.165) is 77.0 Å². The van der Waals surface area contributed by atoms with Crippen molar-refractivity contribution in [2.24, 2.45) is 0 Å². The maximum atomic E-state index is 8.37. The number of allylic oxidation sites excluding steroid dienone is 2. The van der Waals surface area contributed by atoms with E-state index in [1.54, 1.807) is 0 Å². The molecule has 0 aliphatic heterocycles. The summed E-state index contributed by atoms with van der Waals surface area (Å²) in [5.41, 5.74) is 2.59. The molecule has 0 bridgehead atoms. The van der Waals surface area contributed by atoms with Crippen LogP contribution in [0.15, 0.2) is 24.3 Å². The van der Waals surface area contributed by atoms with Crippen LogP contribution in [0.5, 0.6) is 0 Å². The van der Waals surface area contributed by atoms with E-state index in [1.165, 1.54) is 24.0 Å². The summed E-state index contributed by atoms with van der Waals surface area (Å²) in [6.45, 7) is 8.04. The van der Waals surface area contributed by atoms with Crippen LogP contribution in [0.1, 0.15) is 116 Å². The van der Waals surface area contributed by atoms with Crippen LogP contribution in [-0.4, -0.2) is 0 Å². The summed E-state index contributed by atoms with van der Waals surface area (Å²) in [5.74, 6) is 0. The second-order valence-corrected chi connectivity index (χ2v) is 7.67. The minimum atomic E-state index is 0.654. The van der Waals surface area contributed by atoms with Crippen molar-refractivity contribution < 1.29 is 0 Å². The Morgan fingerprint density at radius 3 is 0.900 bits per heavy atom. The molecule has 0 saturated carbocycles. The van der Waals surface area contributed by atoms with Gasteiger partial charge in [0.25, 0.3) is 0 Å². The summed E-state index contributed by atoms with van der Waals surface area (Å²) in [6, 6.07) is 8.59. The van der Waals surface area contributed by atoms with E-state index in [1.807, 2.05) is 0 Å². The van der Waals surface area contributed by atoms with Gasteiger partial charge in [-0.3, -0.25) is 0 Å². The Balaban J connectivity index is 0. The lowest BCUT2D eigenvalue weighted by Gasteiger charge is -2.04. The van der Waals surface area contributed by atoms with Gasteiger partial charge < -0.3 is 0 Å². The van der Waals surface area contributed by atoms with Crippen molar-refractivity contribution in [3.05, 3.63) is 24.3 Å². The molecule has 4 nitrogen and oxygen atoms in total. The Hall–Kier alpha value is -2.56. The molecule has 30 heavy (non-hydrogen) atoms. The smallest absolute Gasteiger partial charge is 0.0621 e. The van der Waals surface area contributed by atoms with Crippen LogP contribution in [0.2, 0.25) is 0 Å². The number of nitriles is 4. The number of rotatable bonds is 18. The first-order valence-electron chi connectivity index (χ1n) is 11.4. The van der Waals surface area contributed by atoms with Gasteiger partial charge in [0, 0.05) is 25.7 Å². The van der Waals surface area contributed by atoms with E-state index in [0.29, 0.717) is 25.7 Å². The third kappa shape index (κ3) is 27.7. The first-order valence-corrected chi connectivity index (χ1v) is 11.4. The van der Waals surface area contributed by atoms with Gasteiger partial charge in [0.2, 0.25) is 0 Å². The Kier molecular flexibility index (Phi) is 26.1. The molecule has 0 aromatic rings. The summed E-state index contributed by atoms with van der Waals surface area (Å²) >= 11 is 0. The third-order valence-corrected chi connectivity index (χ3v) is 4.78. The van der Waals surface area contributed by atoms with Gasteiger partial charge in [-0.15, -0.1) is 0 Å². The highest BCUT2D eigenvalue weighted by Gasteiger charge is 1.97. The molecule has 0 radical (unpaired) electrons. The molecule has 0 aromatic heterocycles. The SMILES string of the molecule is C=C(CCCCC#N)CCCCC#N.C=C(CCCCCC#N)CCCCCC#N. The Morgan fingerprint density at radius 1 is 0.400 bits per heavy atom. The number of hydrogen-bond acceptors (Lipinski definition) is 4. The van der Waals surface area contributed by atoms with Crippen molar-refractivity contribution in [2.45, 2.75) is 116 Å². The van der Waals surface area contributed by atoms with E-state index in [-0.39, 0.29) is 0 Å². The lowest BCUT2D eigenvalue weighted by molar-refractivity contribution is 0.642. The quantitative estimate of drug-likeness (QED) is 0.169. The van der Waals surface area contributed by atoms with Gasteiger partial charge in [0.15, 0.2) is 0 Å². The molecule has 0 N–H and O–H groups in total. The first kappa shape index (κ1) is 29.6. The number of hydrogen-bond donors (Lipinski definition) is 0. The summed E-state index contributed by atoms with van der Waals surface area (Å²) in [6.07, 6.45) is 17.7. The average Bonchev–Trinajstić information content (AvgIpc) is 2.74. The molecule has 0 fully saturated rings. The zero-order chi connectivity index (χ0) is 22.7. The molecule has 0 amide bonds. The molecule has 164 valence electrons. The minimum Gasteiger partial charge on any atom is -0.198 e. The van der Waals surface area contributed by atoms with Crippen LogP contribution in [0.25, 0.3) is 0 Å². The predicted octanol–water partition coefficient (Wildman–Crippen LogP) is 8.20. The van der Waals surface area contributed by atoms with Gasteiger partial charge in [-0.1, -0.05) is 37.1 Å². The van der Waals surface area contributed by atoms with Crippen LogP contribution in [-0.2, 0) is 0 Å². The molecular formula is C26H40N4. The number of nitrogens with zero attached hydrogens (tertiary/aromatic N) is 4. The molecule has 0 atom stereocenters. The zero-order valence-corrected chi connectivity index (χ0v) is 18.9. The van der Waals surface area contributed by atoms with Crippen molar-refractivity contribution >= 4 is 0 Å². The first-order chi connectivity index (χ1) is 14.6. The predicted molar refractivity (Wildman–Crippen MR) is 124 cm³/mol. The van der Waals surface area contributed by atoms with Gasteiger partial charge in [-0.05, 0) is 77.0 Å². The molecule has 0 aromatic carbocycles. The van der Waals surface area contributed by atoms with Crippen molar-refractivity contribution in [3.8, 4) is 24.3 Å². The summed E-state index contributed by atoms with van der Waals surface area (Å²) in [5, 5.41) is 33.4. The summed E-state index contributed by atoms with van der Waals surface area (Å²) in [7, 11) is 0. The molecule has 0 heterocycles. The standard InChI is InChI=1S/C14H22N2.C12H18N2/c1-14(10-6-2-4-8-12-15)11-7-3-5-9-13-16;1-12(8-4-2-6-10-13)9-5-3-7-11-14/h1-11H2;1-9H2. The average molecular weight is 409 g/mol. The van der Waals surface area contributed by atoms with Crippen LogP contribution in [0, 0.1) is 45.3 Å². The Morgan fingerprint density at radius 2 is 0.633 bits per heavy atom. The second kappa shape index (κ2) is 26.4. The molecule has 0 rings (SSSR count). The Bertz CT molecular complexity index is 542. The van der Waals surface area contributed by atoms with E-state index < -0.39 is 0 Å². The largest absolute Gasteiger partial charge is 0.198 e. The second-order valence-electron chi connectivity index (χ2n) is 7.67.